The second-order valence-corrected chi connectivity index (χ2v) is 6.04. The van der Waals surface area contributed by atoms with Gasteiger partial charge in [0.25, 0.3) is 5.91 Å². The summed E-state index contributed by atoms with van der Waals surface area (Å²) in [6.07, 6.45) is 3.31. The second kappa shape index (κ2) is 6.20. The molecule has 1 aromatic rings. The number of ether oxygens (including phenoxy) is 1. The summed E-state index contributed by atoms with van der Waals surface area (Å²) in [5.74, 6) is -0.140. The maximum atomic E-state index is 12.9. The molecule has 0 aromatic heterocycles. The van der Waals surface area contributed by atoms with Crippen LogP contribution in [0.1, 0.15) is 19.3 Å². The lowest BCUT2D eigenvalue weighted by molar-refractivity contribution is -0.133. The van der Waals surface area contributed by atoms with E-state index in [0.717, 1.165) is 25.9 Å². The minimum atomic E-state index is -0.423. The molecule has 0 aliphatic carbocycles. The van der Waals surface area contributed by atoms with Crippen molar-refractivity contribution in [1.82, 2.24) is 10.2 Å². The van der Waals surface area contributed by atoms with Gasteiger partial charge in [0, 0.05) is 25.2 Å². The van der Waals surface area contributed by atoms with Gasteiger partial charge in [0.05, 0.1) is 5.02 Å². The molecule has 0 spiro atoms. The van der Waals surface area contributed by atoms with Crippen molar-refractivity contribution in [2.24, 2.45) is 0 Å². The molecule has 4 nitrogen and oxygen atoms in total. The molecule has 21 heavy (non-hydrogen) atoms. The lowest BCUT2D eigenvalue weighted by Crippen LogP contribution is -2.41. The highest BCUT2D eigenvalue weighted by atomic mass is 35.5. The Kier molecular flexibility index (Phi) is 4.31. The first-order valence-electron chi connectivity index (χ1n) is 7.23. The quantitative estimate of drug-likeness (QED) is 0.930. The number of carbonyl (C=O) groups excluding carboxylic acids is 1. The van der Waals surface area contributed by atoms with Gasteiger partial charge in [0.1, 0.15) is 11.6 Å². The van der Waals surface area contributed by atoms with Gasteiger partial charge in [0.2, 0.25) is 0 Å². The SMILES string of the molecule is O=C(COc1ccc(F)cc1Cl)N1CCC2CCC(C1)N2. The third-order valence-electron chi connectivity index (χ3n) is 4.12. The van der Waals surface area contributed by atoms with E-state index in [4.69, 9.17) is 16.3 Å². The van der Waals surface area contributed by atoms with Crippen molar-refractivity contribution in [3.63, 3.8) is 0 Å². The zero-order valence-electron chi connectivity index (χ0n) is 11.6. The summed E-state index contributed by atoms with van der Waals surface area (Å²) >= 11 is 5.88. The number of amides is 1. The molecule has 2 aliphatic rings. The summed E-state index contributed by atoms with van der Waals surface area (Å²) in [6, 6.07) is 4.82. The number of rotatable bonds is 3. The Bertz CT molecular complexity index is 540. The molecule has 2 saturated heterocycles. The van der Waals surface area contributed by atoms with Crippen LogP contribution in [0.3, 0.4) is 0 Å². The Labute approximate surface area is 128 Å². The van der Waals surface area contributed by atoms with Crippen LogP contribution in [0.4, 0.5) is 4.39 Å². The van der Waals surface area contributed by atoms with Gasteiger partial charge in [-0.05, 0) is 37.5 Å². The summed E-state index contributed by atoms with van der Waals surface area (Å²) < 4.78 is 18.4. The lowest BCUT2D eigenvalue weighted by atomic mass is 10.1. The van der Waals surface area contributed by atoms with Crippen molar-refractivity contribution < 1.29 is 13.9 Å². The molecule has 2 fully saturated rings. The monoisotopic (exact) mass is 312 g/mol. The first kappa shape index (κ1) is 14.6. The van der Waals surface area contributed by atoms with Crippen molar-refractivity contribution in [3.8, 4) is 5.75 Å². The van der Waals surface area contributed by atoms with Crippen LogP contribution in [0.5, 0.6) is 5.75 Å². The van der Waals surface area contributed by atoms with E-state index in [1.54, 1.807) is 0 Å². The van der Waals surface area contributed by atoms with E-state index in [2.05, 4.69) is 5.32 Å². The standard InChI is InChI=1S/C15H18ClFN2O2/c16-13-7-10(17)1-4-14(13)21-9-15(20)19-6-5-11-2-3-12(8-19)18-11/h1,4,7,11-12,18H,2-3,5-6,8-9H2. The Morgan fingerprint density at radius 3 is 3.00 bits per heavy atom. The molecule has 1 amide bonds. The molecule has 2 unspecified atom stereocenters. The predicted octanol–water partition coefficient (Wildman–Crippen LogP) is 2.21. The highest BCUT2D eigenvalue weighted by Gasteiger charge is 2.31. The van der Waals surface area contributed by atoms with Crippen LogP contribution >= 0.6 is 11.6 Å². The maximum Gasteiger partial charge on any atom is 0.260 e. The number of likely N-dealkylation sites (tertiary alicyclic amines) is 1. The average Bonchev–Trinajstić information content (AvgIpc) is 2.77. The van der Waals surface area contributed by atoms with Crippen molar-refractivity contribution in [1.29, 1.82) is 0 Å². The number of fused-ring (bicyclic) bond motifs is 2. The van der Waals surface area contributed by atoms with Gasteiger partial charge >= 0.3 is 0 Å². The van der Waals surface area contributed by atoms with Crippen LogP contribution in [0.25, 0.3) is 0 Å². The first-order chi connectivity index (χ1) is 10.1. The largest absolute Gasteiger partial charge is 0.482 e. The van der Waals surface area contributed by atoms with E-state index in [-0.39, 0.29) is 17.5 Å². The van der Waals surface area contributed by atoms with Gasteiger partial charge in [-0.25, -0.2) is 4.39 Å². The van der Waals surface area contributed by atoms with Gasteiger partial charge < -0.3 is 15.0 Å². The van der Waals surface area contributed by atoms with Crippen LogP contribution in [-0.4, -0.2) is 42.6 Å². The van der Waals surface area contributed by atoms with Gasteiger partial charge in [-0.15, -0.1) is 0 Å². The molecule has 0 radical (unpaired) electrons. The Morgan fingerprint density at radius 2 is 2.19 bits per heavy atom. The van der Waals surface area contributed by atoms with Crippen molar-refractivity contribution in [2.45, 2.75) is 31.3 Å². The van der Waals surface area contributed by atoms with Gasteiger partial charge in [0.15, 0.2) is 6.61 Å². The number of nitrogens with one attached hydrogen (secondary N) is 1. The lowest BCUT2D eigenvalue weighted by Gasteiger charge is -2.24. The molecular weight excluding hydrogens is 295 g/mol. The molecule has 6 heteroatoms. The fraction of sp³-hybridized carbons (Fsp3) is 0.533. The summed E-state index contributed by atoms with van der Waals surface area (Å²) in [5.41, 5.74) is 0. The number of hydrogen-bond donors (Lipinski definition) is 1. The zero-order chi connectivity index (χ0) is 14.8. The maximum absolute atomic E-state index is 12.9. The van der Waals surface area contributed by atoms with Crippen LogP contribution in [0, 0.1) is 5.82 Å². The molecule has 2 atom stereocenters. The van der Waals surface area contributed by atoms with E-state index in [0.29, 0.717) is 17.8 Å². The second-order valence-electron chi connectivity index (χ2n) is 5.63. The molecule has 2 bridgehead atoms. The topological polar surface area (TPSA) is 41.6 Å². The molecule has 0 saturated carbocycles. The fourth-order valence-electron chi connectivity index (χ4n) is 2.99. The van der Waals surface area contributed by atoms with E-state index in [9.17, 15) is 9.18 Å². The minimum absolute atomic E-state index is 0.0512. The van der Waals surface area contributed by atoms with Crippen molar-refractivity contribution in [2.75, 3.05) is 19.7 Å². The summed E-state index contributed by atoms with van der Waals surface area (Å²) in [4.78, 5) is 14.1. The van der Waals surface area contributed by atoms with Gasteiger partial charge in [-0.3, -0.25) is 4.79 Å². The normalized spacial score (nSPS) is 24.8. The molecule has 114 valence electrons. The number of benzene rings is 1. The van der Waals surface area contributed by atoms with Crippen LogP contribution in [0.15, 0.2) is 18.2 Å². The van der Waals surface area contributed by atoms with Gasteiger partial charge in [-0.1, -0.05) is 11.6 Å². The molecule has 1 N–H and O–H groups in total. The third-order valence-corrected chi connectivity index (χ3v) is 4.42. The van der Waals surface area contributed by atoms with Crippen molar-refractivity contribution in [3.05, 3.63) is 29.0 Å². The summed E-state index contributed by atoms with van der Waals surface area (Å²) in [5, 5.41) is 3.71. The Balaban J connectivity index is 1.56. The fourth-order valence-corrected chi connectivity index (χ4v) is 3.21. The number of hydrogen-bond acceptors (Lipinski definition) is 3. The zero-order valence-corrected chi connectivity index (χ0v) is 12.4. The number of nitrogens with zero attached hydrogens (tertiary/aromatic N) is 1. The first-order valence-corrected chi connectivity index (χ1v) is 7.61. The summed E-state index contributed by atoms with van der Waals surface area (Å²) in [6.45, 7) is 1.42. The third kappa shape index (κ3) is 3.47. The van der Waals surface area contributed by atoms with E-state index >= 15 is 0 Å². The van der Waals surface area contributed by atoms with Crippen LogP contribution in [0.2, 0.25) is 5.02 Å². The Morgan fingerprint density at radius 1 is 1.38 bits per heavy atom. The smallest absolute Gasteiger partial charge is 0.260 e. The summed E-state index contributed by atoms with van der Waals surface area (Å²) in [7, 11) is 0. The Hall–Kier alpha value is -1.33. The van der Waals surface area contributed by atoms with E-state index in [1.807, 2.05) is 4.90 Å². The predicted molar refractivity (Wildman–Crippen MR) is 78.0 cm³/mol. The average molecular weight is 313 g/mol. The van der Waals surface area contributed by atoms with E-state index < -0.39 is 5.82 Å². The van der Waals surface area contributed by atoms with Crippen LogP contribution < -0.4 is 10.1 Å². The molecule has 3 rings (SSSR count). The molecular formula is C15H18ClFN2O2. The van der Waals surface area contributed by atoms with Crippen molar-refractivity contribution >= 4 is 17.5 Å². The molecule has 2 aliphatic heterocycles. The number of carbonyl (C=O) groups is 1. The molecule has 1 aromatic carbocycles. The number of halogens is 2. The minimum Gasteiger partial charge on any atom is -0.482 e. The highest BCUT2D eigenvalue weighted by molar-refractivity contribution is 6.32. The van der Waals surface area contributed by atoms with Gasteiger partial charge in [-0.2, -0.15) is 0 Å². The van der Waals surface area contributed by atoms with E-state index in [1.165, 1.54) is 24.6 Å². The van der Waals surface area contributed by atoms with Crippen LogP contribution in [-0.2, 0) is 4.79 Å². The highest BCUT2D eigenvalue weighted by Crippen LogP contribution is 2.25. The molecule has 2 heterocycles.